The SMILES string of the molecule is O=c1[nH]cncc1-c1ccc(OC2CC2)cc1. The van der Waals surface area contributed by atoms with Crippen LogP contribution in [0.25, 0.3) is 11.1 Å². The Balaban J connectivity index is 1.88. The van der Waals surface area contributed by atoms with Gasteiger partial charge in [-0.2, -0.15) is 0 Å². The summed E-state index contributed by atoms with van der Waals surface area (Å²) < 4.78 is 5.64. The number of rotatable bonds is 3. The lowest BCUT2D eigenvalue weighted by atomic mass is 10.1. The zero-order valence-electron chi connectivity index (χ0n) is 9.22. The van der Waals surface area contributed by atoms with Crippen LogP contribution in [-0.4, -0.2) is 16.1 Å². The first-order valence-corrected chi connectivity index (χ1v) is 5.63. The summed E-state index contributed by atoms with van der Waals surface area (Å²) in [6, 6.07) is 7.54. The summed E-state index contributed by atoms with van der Waals surface area (Å²) in [6.07, 6.45) is 5.63. The molecule has 1 aliphatic rings. The Bertz CT molecular complexity index is 570. The van der Waals surface area contributed by atoms with Gasteiger partial charge in [0.05, 0.1) is 18.0 Å². The number of H-pyrrole nitrogens is 1. The second-order valence-electron chi connectivity index (χ2n) is 4.14. The average Bonchev–Trinajstić information content (AvgIpc) is 3.15. The molecular weight excluding hydrogens is 216 g/mol. The number of ether oxygens (including phenoxy) is 1. The average molecular weight is 228 g/mol. The number of nitrogens with one attached hydrogen (secondary N) is 1. The highest BCUT2D eigenvalue weighted by Gasteiger charge is 2.23. The molecule has 3 rings (SSSR count). The first kappa shape index (κ1) is 10.1. The molecule has 86 valence electrons. The Morgan fingerprint density at radius 1 is 1.24 bits per heavy atom. The number of benzene rings is 1. The highest BCUT2D eigenvalue weighted by Crippen LogP contribution is 2.27. The van der Waals surface area contributed by atoms with E-state index in [1.165, 1.54) is 6.33 Å². The molecule has 4 nitrogen and oxygen atoms in total. The van der Waals surface area contributed by atoms with Crippen molar-refractivity contribution in [2.75, 3.05) is 0 Å². The molecule has 1 heterocycles. The monoisotopic (exact) mass is 228 g/mol. The molecule has 2 aromatic rings. The van der Waals surface area contributed by atoms with Crippen LogP contribution in [0.3, 0.4) is 0 Å². The van der Waals surface area contributed by atoms with Gasteiger partial charge in [-0.05, 0) is 30.5 Å². The molecule has 0 saturated heterocycles. The Morgan fingerprint density at radius 2 is 2.00 bits per heavy atom. The van der Waals surface area contributed by atoms with Crippen LogP contribution in [0.2, 0.25) is 0 Å². The van der Waals surface area contributed by atoms with E-state index < -0.39 is 0 Å². The smallest absolute Gasteiger partial charge is 0.258 e. The van der Waals surface area contributed by atoms with Crippen LogP contribution < -0.4 is 10.3 Å². The first-order chi connectivity index (χ1) is 8.33. The molecule has 0 aliphatic heterocycles. The molecule has 1 N–H and O–H groups in total. The molecule has 17 heavy (non-hydrogen) atoms. The minimum absolute atomic E-state index is 0.129. The summed E-state index contributed by atoms with van der Waals surface area (Å²) in [5.74, 6) is 0.858. The van der Waals surface area contributed by atoms with Gasteiger partial charge in [-0.15, -0.1) is 0 Å². The van der Waals surface area contributed by atoms with Gasteiger partial charge in [-0.25, -0.2) is 4.98 Å². The second kappa shape index (κ2) is 4.05. The van der Waals surface area contributed by atoms with Gasteiger partial charge in [0.2, 0.25) is 0 Å². The fourth-order valence-corrected chi connectivity index (χ4v) is 1.64. The van der Waals surface area contributed by atoms with Crippen LogP contribution in [-0.2, 0) is 0 Å². The van der Waals surface area contributed by atoms with Crippen LogP contribution in [0.1, 0.15) is 12.8 Å². The molecule has 1 fully saturated rings. The maximum Gasteiger partial charge on any atom is 0.258 e. The normalized spacial score (nSPS) is 14.6. The molecule has 0 atom stereocenters. The lowest BCUT2D eigenvalue weighted by Gasteiger charge is -2.05. The summed E-state index contributed by atoms with van der Waals surface area (Å²) in [5, 5.41) is 0. The zero-order chi connectivity index (χ0) is 11.7. The molecule has 0 amide bonds. The van der Waals surface area contributed by atoms with Crippen LogP contribution >= 0.6 is 0 Å². The molecule has 0 spiro atoms. The van der Waals surface area contributed by atoms with Crippen molar-refractivity contribution in [3.63, 3.8) is 0 Å². The Hall–Kier alpha value is -2.10. The van der Waals surface area contributed by atoms with E-state index in [9.17, 15) is 4.79 Å². The highest BCUT2D eigenvalue weighted by molar-refractivity contribution is 5.62. The summed E-state index contributed by atoms with van der Waals surface area (Å²) >= 11 is 0. The lowest BCUT2D eigenvalue weighted by molar-refractivity contribution is 0.303. The molecule has 0 bridgehead atoms. The summed E-state index contributed by atoms with van der Waals surface area (Å²) in [6.45, 7) is 0. The van der Waals surface area contributed by atoms with Crippen molar-refractivity contribution < 1.29 is 4.74 Å². The van der Waals surface area contributed by atoms with Crippen LogP contribution in [0.5, 0.6) is 5.75 Å². The topological polar surface area (TPSA) is 55.0 Å². The van der Waals surface area contributed by atoms with Crippen molar-refractivity contribution in [3.8, 4) is 16.9 Å². The summed E-state index contributed by atoms with van der Waals surface area (Å²) in [4.78, 5) is 18.0. The van der Waals surface area contributed by atoms with Gasteiger partial charge in [0.1, 0.15) is 5.75 Å². The van der Waals surface area contributed by atoms with E-state index in [-0.39, 0.29) is 5.56 Å². The number of nitrogens with zero attached hydrogens (tertiary/aromatic N) is 1. The Kier molecular flexibility index (Phi) is 2.40. The number of hydrogen-bond donors (Lipinski definition) is 1. The number of hydrogen-bond acceptors (Lipinski definition) is 3. The molecule has 1 aromatic carbocycles. The third-order valence-electron chi connectivity index (χ3n) is 2.71. The van der Waals surface area contributed by atoms with Crippen molar-refractivity contribution in [1.82, 2.24) is 9.97 Å². The van der Waals surface area contributed by atoms with E-state index in [1.54, 1.807) is 6.20 Å². The fourth-order valence-electron chi connectivity index (χ4n) is 1.64. The maximum absolute atomic E-state index is 11.6. The van der Waals surface area contributed by atoms with Gasteiger partial charge in [0, 0.05) is 6.20 Å². The Labute approximate surface area is 98.3 Å². The van der Waals surface area contributed by atoms with Crippen LogP contribution in [0, 0.1) is 0 Å². The molecule has 1 aliphatic carbocycles. The van der Waals surface area contributed by atoms with E-state index in [4.69, 9.17) is 4.74 Å². The Morgan fingerprint density at radius 3 is 2.65 bits per heavy atom. The summed E-state index contributed by atoms with van der Waals surface area (Å²) in [7, 11) is 0. The molecule has 0 radical (unpaired) electrons. The second-order valence-corrected chi connectivity index (χ2v) is 4.14. The standard InChI is InChI=1S/C13H12N2O2/c16-13-12(7-14-8-15-13)9-1-3-10(4-2-9)17-11-5-6-11/h1-4,7-8,11H,5-6H2,(H,14,15,16). The predicted octanol–water partition coefficient (Wildman–Crippen LogP) is 1.98. The van der Waals surface area contributed by atoms with Crippen molar-refractivity contribution in [2.24, 2.45) is 0 Å². The minimum Gasteiger partial charge on any atom is -0.490 e. The van der Waals surface area contributed by atoms with E-state index in [2.05, 4.69) is 9.97 Å². The van der Waals surface area contributed by atoms with Gasteiger partial charge < -0.3 is 9.72 Å². The largest absolute Gasteiger partial charge is 0.490 e. The van der Waals surface area contributed by atoms with E-state index in [1.807, 2.05) is 24.3 Å². The minimum atomic E-state index is -0.129. The van der Waals surface area contributed by atoms with Crippen LogP contribution in [0.4, 0.5) is 0 Å². The molecular formula is C13H12N2O2. The number of aromatic amines is 1. The lowest BCUT2D eigenvalue weighted by Crippen LogP contribution is -2.08. The van der Waals surface area contributed by atoms with Gasteiger partial charge in [-0.3, -0.25) is 4.79 Å². The summed E-state index contributed by atoms with van der Waals surface area (Å²) in [5.41, 5.74) is 1.30. The zero-order valence-corrected chi connectivity index (χ0v) is 9.22. The fraction of sp³-hybridized carbons (Fsp3) is 0.231. The van der Waals surface area contributed by atoms with Gasteiger partial charge in [0.15, 0.2) is 0 Å². The van der Waals surface area contributed by atoms with Gasteiger partial charge in [-0.1, -0.05) is 12.1 Å². The van der Waals surface area contributed by atoms with Crippen LogP contribution in [0.15, 0.2) is 41.6 Å². The van der Waals surface area contributed by atoms with Crippen molar-refractivity contribution in [1.29, 1.82) is 0 Å². The van der Waals surface area contributed by atoms with Gasteiger partial charge >= 0.3 is 0 Å². The quantitative estimate of drug-likeness (QED) is 0.873. The third kappa shape index (κ3) is 2.20. The predicted molar refractivity (Wildman–Crippen MR) is 63.9 cm³/mol. The molecule has 0 unspecified atom stereocenters. The van der Waals surface area contributed by atoms with Crippen molar-refractivity contribution >= 4 is 0 Å². The van der Waals surface area contributed by atoms with Gasteiger partial charge in [0.25, 0.3) is 5.56 Å². The van der Waals surface area contributed by atoms with E-state index >= 15 is 0 Å². The van der Waals surface area contributed by atoms with Crippen molar-refractivity contribution in [2.45, 2.75) is 18.9 Å². The molecule has 4 heteroatoms. The third-order valence-corrected chi connectivity index (χ3v) is 2.71. The van der Waals surface area contributed by atoms with E-state index in [0.29, 0.717) is 11.7 Å². The highest BCUT2D eigenvalue weighted by atomic mass is 16.5. The number of aromatic nitrogens is 2. The molecule has 1 aromatic heterocycles. The first-order valence-electron chi connectivity index (χ1n) is 5.63. The van der Waals surface area contributed by atoms with Crippen molar-refractivity contribution in [3.05, 3.63) is 47.1 Å². The van der Waals surface area contributed by atoms with E-state index in [0.717, 1.165) is 24.2 Å². The maximum atomic E-state index is 11.6. The molecule has 1 saturated carbocycles.